The highest BCUT2D eigenvalue weighted by molar-refractivity contribution is 5.93. The molecule has 0 saturated heterocycles. The van der Waals surface area contributed by atoms with E-state index in [2.05, 4.69) is 15.6 Å². The first-order valence-electron chi connectivity index (χ1n) is 9.10. The quantitative estimate of drug-likeness (QED) is 0.688. The van der Waals surface area contributed by atoms with Gasteiger partial charge in [0, 0.05) is 25.0 Å². The van der Waals surface area contributed by atoms with Gasteiger partial charge < -0.3 is 20.1 Å². The molecule has 0 saturated carbocycles. The number of nitrogens with zero attached hydrogens (tertiary/aromatic N) is 1. The molecule has 0 bridgehead atoms. The van der Waals surface area contributed by atoms with E-state index in [1.54, 1.807) is 12.3 Å². The van der Waals surface area contributed by atoms with Crippen molar-refractivity contribution >= 4 is 11.6 Å². The molecule has 2 aromatic carbocycles. The van der Waals surface area contributed by atoms with Gasteiger partial charge in [-0.15, -0.1) is 0 Å². The molecule has 2 N–H and O–H groups in total. The number of pyridine rings is 1. The van der Waals surface area contributed by atoms with Crippen molar-refractivity contribution in [3.05, 3.63) is 83.2 Å². The van der Waals surface area contributed by atoms with Crippen LogP contribution in [-0.4, -0.2) is 17.7 Å². The highest BCUT2D eigenvalue weighted by Crippen LogP contribution is 2.32. The highest BCUT2D eigenvalue weighted by Gasteiger charge is 2.13. The first-order valence-corrected chi connectivity index (χ1v) is 9.10. The molecule has 1 aliphatic heterocycles. The van der Waals surface area contributed by atoms with Crippen molar-refractivity contribution < 1.29 is 14.3 Å². The molecule has 6 heteroatoms. The summed E-state index contributed by atoms with van der Waals surface area (Å²) in [6.07, 6.45) is 1.63. The average Bonchev–Trinajstić information content (AvgIpc) is 3.19. The monoisotopic (exact) mass is 375 g/mol. The number of aromatic nitrogens is 1. The molecule has 0 fully saturated rings. The summed E-state index contributed by atoms with van der Waals surface area (Å²) in [5.74, 6) is 1.32. The Labute approximate surface area is 163 Å². The molecule has 142 valence electrons. The second-order valence-electron chi connectivity index (χ2n) is 6.58. The zero-order chi connectivity index (χ0) is 19.3. The summed E-state index contributed by atoms with van der Waals surface area (Å²) in [6.45, 7) is 3.37. The lowest BCUT2D eigenvalue weighted by atomic mass is 10.1. The standard InChI is InChI=1S/C22H21N3O3/c1-15-4-2-3-5-17(15)13-25-22(26)19-11-18(8-9-23-19)24-12-16-6-7-20-21(10-16)28-14-27-20/h2-11H,12-14H2,1H3,(H,23,24)(H,25,26). The van der Waals surface area contributed by atoms with Crippen molar-refractivity contribution in [3.63, 3.8) is 0 Å². The Hall–Kier alpha value is -3.54. The number of carbonyl (C=O) groups is 1. The van der Waals surface area contributed by atoms with Crippen LogP contribution < -0.4 is 20.1 Å². The van der Waals surface area contributed by atoms with E-state index >= 15 is 0 Å². The third-order valence-electron chi connectivity index (χ3n) is 4.63. The van der Waals surface area contributed by atoms with Crippen LogP contribution in [-0.2, 0) is 13.1 Å². The largest absolute Gasteiger partial charge is 0.454 e. The Balaban J connectivity index is 1.37. The molecular formula is C22H21N3O3. The maximum absolute atomic E-state index is 12.5. The molecule has 4 rings (SSSR count). The highest BCUT2D eigenvalue weighted by atomic mass is 16.7. The number of aryl methyl sites for hydroxylation is 1. The molecule has 1 aliphatic rings. The van der Waals surface area contributed by atoms with Gasteiger partial charge >= 0.3 is 0 Å². The van der Waals surface area contributed by atoms with Gasteiger partial charge in [-0.25, -0.2) is 0 Å². The maximum Gasteiger partial charge on any atom is 0.270 e. The minimum absolute atomic E-state index is 0.199. The van der Waals surface area contributed by atoms with Crippen LogP contribution in [0.4, 0.5) is 5.69 Å². The molecule has 1 amide bonds. The third kappa shape index (κ3) is 4.06. The molecule has 3 aromatic rings. The van der Waals surface area contributed by atoms with Crippen molar-refractivity contribution in [1.82, 2.24) is 10.3 Å². The van der Waals surface area contributed by atoms with Gasteiger partial charge in [0.15, 0.2) is 11.5 Å². The number of hydrogen-bond donors (Lipinski definition) is 2. The van der Waals surface area contributed by atoms with Crippen LogP contribution in [0.25, 0.3) is 0 Å². The Kier molecular flexibility index (Phi) is 5.10. The number of fused-ring (bicyclic) bond motifs is 1. The average molecular weight is 375 g/mol. The zero-order valence-corrected chi connectivity index (χ0v) is 15.6. The molecule has 0 atom stereocenters. The smallest absolute Gasteiger partial charge is 0.270 e. The van der Waals surface area contributed by atoms with Crippen LogP contribution >= 0.6 is 0 Å². The van der Waals surface area contributed by atoms with E-state index in [4.69, 9.17) is 9.47 Å². The van der Waals surface area contributed by atoms with Gasteiger partial charge in [-0.2, -0.15) is 0 Å². The fourth-order valence-corrected chi connectivity index (χ4v) is 2.99. The fraction of sp³-hybridized carbons (Fsp3) is 0.182. The first-order chi connectivity index (χ1) is 13.7. The molecule has 0 spiro atoms. The van der Waals surface area contributed by atoms with Crippen molar-refractivity contribution in [3.8, 4) is 11.5 Å². The molecule has 28 heavy (non-hydrogen) atoms. The fourth-order valence-electron chi connectivity index (χ4n) is 2.99. The van der Waals surface area contributed by atoms with Crippen LogP contribution in [0.5, 0.6) is 11.5 Å². The number of carbonyl (C=O) groups excluding carboxylic acids is 1. The summed E-state index contributed by atoms with van der Waals surface area (Å²) in [5, 5.41) is 6.24. The Morgan fingerprint density at radius 3 is 2.79 bits per heavy atom. The molecule has 0 radical (unpaired) electrons. The van der Waals surface area contributed by atoms with Gasteiger partial charge in [0.25, 0.3) is 5.91 Å². The van der Waals surface area contributed by atoms with E-state index in [9.17, 15) is 4.79 Å². The summed E-state index contributed by atoms with van der Waals surface area (Å²) in [4.78, 5) is 16.6. The van der Waals surface area contributed by atoms with Crippen LogP contribution in [0, 0.1) is 6.92 Å². The van der Waals surface area contributed by atoms with Crippen molar-refractivity contribution in [1.29, 1.82) is 0 Å². The number of benzene rings is 2. The normalized spacial score (nSPS) is 11.9. The van der Waals surface area contributed by atoms with Gasteiger partial charge in [0.05, 0.1) is 0 Å². The van der Waals surface area contributed by atoms with Gasteiger partial charge in [-0.05, 0) is 47.9 Å². The van der Waals surface area contributed by atoms with Crippen LogP contribution in [0.15, 0.2) is 60.8 Å². The SMILES string of the molecule is Cc1ccccc1CNC(=O)c1cc(NCc2ccc3c(c2)OCO3)ccn1. The van der Waals surface area contributed by atoms with Crippen molar-refractivity contribution in [2.24, 2.45) is 0 Å². The minimum Gasteiger partial charge on any atom is -0.454 e. The number of hydrogen-bond acceptors (Lipinski definition) is 5. The maximum atomic E-state index is 12.5. The lowest BCUT2D eigenvalue weighted by Gasteiger charge is -2.10. The van der Waals surface area contributed by atoms with E-state index in [0.717, 1.165) is 33.9 Å². The Morgan fingerprint density at radius 1 is 1.04 bits per heavy atom. The van der Waals surface area contributed by atoms with Gasteiger partial charge in [0.1, 0.15) is 5.69 Å². The van der Waals surface area contributed by atoms with E-state index in [1.165, 1.54) is 0 Å². The van der Waals surface area contributed by atoms with Crippen molar-refractivity contribution in [2.45, 2.75) is 20.0 Å². The number of nitrogens with one attached hydrogen (secondary N) is 2. The third-order valence-corrected chi connectivity index (χ3v) is 4.63. The van der Waals surface area contributed by atoms with Crippen LogP contribution in [0.3, 0.4) is 0 Å². The number of rotatable bonds is 6. The van der Waals surface area contributed by atoms with Crippen LogP contribution in [0.2, 0.25) is 0 Å². The summed E-state index contributed by atoms with van der Waals surface area (Å²) in [6, 6.07) is 17.4. The van der Waals surface area contributed by atoms with Crippen molar-refractivity contribution in [2.75, 3.05) is 12.1 Å². The summed E-state index contributed by atoms with van der Waals surface area (Å²) in [5.41, 5.74) is 4.51. The first kappa shape index (κ1) is 17.9. The van der Waals surface area contributed by atoms with Gasteiger partial charge in [-0.1, -0.05) is 30.3 Å². The minimum atomic E-state index is -0.199. The van der Waals surface area contributed by atoms with E-state index in [-0.39, 0.29) is 12.7 Å². The predicted molar refractivity (Wildman–Crippen MR) is 106 cm³/mol. The molecule has 6 nitrogen and oxygen atoms in total. The molecule has 0 aliphatic carbocycles. The number of anilines is 1. The molecule has 0 unspecified atom stereocenters. The second-order valence-corrected chi connectivity index (χ2v) is 6.58. The lowest BCUT2D eigenvalue weighted by Crippen LogP contribution is -2.24. The summed E-state index contributed by atoms with van der Waals surface area (Å²) >= 11 is 0. The second kappa shape index (κ2) is 8.00. The Morgan fingerprint density at radius 2 is 1.89 bits per heavy atom. The Bertz CT molecular complexity index is 1000. The topological polar surface area (TPSA) is 72.5 Å². The van der Waals surface area contributed by atoms with Gasteiger partial charge in [0.2, 0.25) is 6.79 Å². The summed E-state index contributed by atoms with van der Waals surface area (Å²) < 4.78 is 10.7. The molecular weight excluding hydrogens is 354 g/mol. The number of ether oxygens (including phenoxy) is 2. The molecule has 2 heterocycles. The van der Waals surface area contributed by atoms with E-state index in [0.29, 0.717) is 18.8 Å². The number of amides is 1. The zero-order valence-electron chi connectivity index (χ0n) is 15.6. The van der Waals surface area contributed by atoms with E-state index < -0.39 is 0 Å². The molecule has 1 aromatic heterocycles. The van der Waals surface area contributed by atoms with Crippen LogP contribution in [0.1, 0.15) is 27.2 Å². The predicted octanol–water partition coefficient (Wildman–Crippen LogP) is 3.66. The lowest BCUT2D eigenvalue weighted by molar-refractivity contribution is 0.0946. The summed E-state index contributed by atoms with van der Waals surface area (Å²) in [7, 11) is 0. The van der Waals surface area contributed by atoms with E-state index in [1.807, 2.05) is 55.5 Å². The van der Waals surface area contributed by atoms with Gasteiger partial charge in [-0.3, -0.25) is 9.78 Å².